The summed E-state index contributed by atoms with van der Waals surface area (Å²) in [5.41, 5.74) is 1.20. The molecule has 1 aromatic rings. The van der Waals surface area contributed by atoms with Crippen LogP contribution < -0.4 is 14.8 Å². The number of rotatable bonds is 7. The van der Waals surface area contributed by atoms with Crippen LogP contribution in [0.15, 0.2) is 18.2 Å². The molecule has 1 aromatic carbocycles. The van der Waals surface area contributed by atoms with Gasteiger partial charge in [0.15, 0.2) is 11.5 Å². The molecule has 0 heterocycles. The Morgan fingerprint density at radius 2 is 2.05 bits per heavy atom. The molecule has 4 nitrogen and oxygen atoms in total. The van der Waals surface area contributed by atoms with E-state index in [1.807, 2.05) is 32.0 Å². The highest BCUT2D eigenvalue weighted by Crippen LogP contribution is 2.28. The highest BCUT2D eigenvalue weighted by Gasteiger charge is 2.11. The molecule has 0 aliphatic carbocycles. The lowest BCUT2D eigenvalue weighted by Gasteiger charge is -2.17. The van der Waals surface area contributed by atoms with Gasteiger partial charge in [-0.25, -0.2) is 0 Å². The molecule has 4 heteroatoms. The van der Waals surface area contributed by atoms with Gasteiger partial charge in [-0.2, -0.15) is 5.26 Å². The second-order valence-electron chi connectivity index (χ2n) is 4.65. The Balaban J connectivity index is 2.69. The fraction of sp³-hybridized carbons (Fsp3) is 0.533. The predicted molar refractivity (Wildman–Crippen MR) is 75.5 cm³/mol. The first-order valence-corrected chi connectivity index (χ1v) is 6.56. The Morgan fingerprint density at radius 1 is 1.32 bits per heavy atom. The minimum absolute atomic E-state index is 0.248. The predicted octanol–water partition coefficient (Wildman–Crippen LogP) is 2.53. The van der Waals surface area contributed by atoms with E-state index in [-0.39, 0.29) is 12.1 Å². The van der Waals surface area contributed by atoms with Crippen molar-refractivity contribution in [2.45, 2.75) is 39.3 Å². The fourth-order valence-corrected chi connectivity index (χ4v) is 1.75. The van der Waals surface area contributed by atoms with E-state index in [9.17, 15) is 0 Å². The summed E-state index contributed by atoms with van der Waals surface area (Å²) in [4.78, 5) is 0. The molecular weight excluding hydrogens is 240 g/mol. The van der Waals surface area contributed by atoms with Gasteiger partial charge >= 0.3 is 0 Å². The van der Waals surface area contributed by atoms with Crippen molar-refractivity contribution in [3.05, 3.63) is 23.8 Å². The summed E-state index contributed by atoms with van der Waals surface area (Å²) in [6, 6.07) is 7.98. The summed E-state index contributed by atoms with van der Waals surface area (Å²) in [6.07, 6.45) is 0.951. The highest BCUT2D eigenvalue weighted by atomic mass is 16.5. The third-order valence-electron chi connectivity index (χ3n) is 2.73. The first kappa shape index (κ1) is 15.3. The molecule has 0 radical (unpaired) electrons. The van der Waals surface area contributed by atoms with Crippen LogP contribution in [0.1, 0.15) is 26.3 Å². The molecule has 0 aromatic heterocycles. The normalized spacial score (nSPS) is 12.0. The zero-order chi connectivity index (χ0) is 14.3. The van der Waals surface area contributed by atoms with E-state index in [4.69, 9.17) is 14.7 Å². The van der Waals surface area contributed by atoms with Crippen LogP contribution in [0.2, 0.25) is 0 Å². The number of ether oxygens (including phenoxy) is 2. The number of methoxy groups -OCH3 is 1. The van der Waals surface area contributed by atoms with Crippen molar-refractivity contribution >= 4 is 0 Å². The van der Waals surface area contributed by atoms with Crippen LogP contribution in [0.4, 0.5) is 0 Å². The van der Waals surface area contributed by atoms with Gasteiger partial charge in [0.1, 0.15) is 12.6 Å². The smallest absolute Gasteiger partial charge is 0.161 e. The number of benzene rings is 1. The van der Waals surface area contributed by atoms with Crippen molar-refractivity contribution in [3.63, 3.8) is 0 Å². The quantitative estimate of drug-likeness (QED) is 0.820. The lowest BCUT2D eigenvalue weighted by Crippen LogP contribution is -2.38. The zero-order valence-corrected chi connectivity index (χ0v) is 12.1. The monoisotopic (exact) mass is 262 g/mol. The topological polar surface area (TPSA) is 54.3 Å². The Kier molecular flexibility index (Phi) is 6.17. The van der Waals surface area contributed by atoms with Gasteiger partial charge in [0.2, 0.25) is 0 Å². The number of nitrogens with one attached hydrogen (secondary N) is 1. The number of nitriles is 1. The molecule has 0 saturated heterocycles. The van der Waals surface area contributed by atoms with Gasteiger partial charge in [-0.05, 0) is 38.0 Å². The summed E-state index contributed by atoms with van der Waals surface area (Å²) in [5.74, 6) is 1.38. The summed E-state index contributed by atoms with van der Waals surface area (Å²) in [7, 11) is 1.62. The van der Waals surface area contributed by atoms with Gasteiger partial charge in [-0.15, -0.1) is 0 Å². The molecule has 0 spiro atoms. The van der Waals surface area contributed by atoms with E-state index in [0.717, 1.165) is 6.42 Å². The number of hydrogen-bond donors (Lipinski definition) is 1. The molecule has 104 valence electrons. The lowest BCUT2D eigenvalue weighted by atomic mass is 10.1. The van der Waals surface area contributed by atoms with Crippen molar-refractivity contribution in [2.24, 2.45) is 0 Å². The second kappa shape index (κ2) is 7.65. The van der Waals surface area contributed by atoms with Crippen LogP contribution in [-0.2, 0) is 6.42 Å². The van der Waals surface area contributed by atoms with Crippen LogP contribution in [0.3, 0.4) is 0 Å². The maximum Gasteiger partial charge on any atom is 0.161 e. The summed E-state index contributed by atoms with van der Waals surface area (Å²) in [6.45, 7) is 6.39. The molecule has 0 aliphatic heterocycles. The van der Waals surface area contributed by atoms with Crippen LogP contribution in [0, 0.1) is 11.3 Å². The Hall–Kier alpha value is -1.73. The molecule has 1 rings (SSSR count). The Labute approximate surface area is 115 Å². The summed E-state index contributed by atoms with van der Waals surface area (Å²) < 4.78 is 11.0. The summed E-state index contributed by atoms with van der Waals surface area (Å²) >= 11 is 0. The third-order valence-corrected chi connectivity index (χ3v) is 2.73. The Bertz CT molecular complexity index is 438. The van der Waals surface area contributed by atoms with Gasteiger partial charge in [0.25, 0.3) is 0 Å². The molecule has 1 atom stereocenters. The highest BCUT2D eigenvalue weighted by molar-refractivity contribution is 5.43. The average Bonchev–Trinajstić information content (AvgIpc) is 2.42. The van der Waals surface area contributed by atoms with Gasteiger partial charge < -0.3 is 9.47 Å². The van der Waals surface area contributed by atoms with Gasteiger partial charge in [-0.1, -0.05) is 13.0 Å². The second-order valence-corrected chi connectivity index (χ2v) is 4.65. The largest absolute Gasteiger partial charge is 0.493 e. The van der Waals surface area contributed by atoms with Crippen molar-refractivity contribution < 1.29 is 9.47 Å². The molecule has 19 heavy (non-hydrogen) atoms. The number of nitrogens with zero attached hydrogens (tertiary/aromatic N) is 1. The van der Waals surface area contributed by atoms with E-state index < -0.39 is 0 Å². The average molecular weight is 262 g/mol. The van der Waals surface area contributed by atoms with Crippen molar-refractivity contribution in [1.82, 2.24) is 5.32 Å². The molecule has 0 bridgehead atoms. The molecular formula is C15H22N2O2. The first-order valence-electron chi connectivity index (χ1n) is 6.56. The maximum absolute atomic E-state index is 9.04. The van der Waals surface area contributed by atoms with Gasteiger partial charge in [-0.3, -0.25) is 5.32 Å². The van der Waals surface area contributed by atoms with E-state index in [0.29, 0.717) is 18.1 Å². The van der Waals surface area contributed by atoms with Crippen LogP contribution in [-0.4, -0.2) is 25.8 Å². The van der Waals surface area contributed by atoms with Crippen LogP contribution in [0.5, 0.6) is 11.5 Å². The van der Waals surface area contributed by atoms with E-state index in [1.54, 1.807) is 7.11 Å². The number of aryl methyl sites for hydroxylation is 1. The Morgan fingerprint density at radius 3 is 2.58 bits per heavy atom. The minimum Gasteiger partial charge on any atom is -0.493 e. The maximum atomic E-state index is 9.04. The minimum atomic E-state index is -0.324. The van der Waals surface area contributed by atoms with Gasteiger partial charge in [0, 0.05) is 6.04 Å². The molecule has 0 saturated carbocycles. The SMILES string of the molecule is CCc1ccc(OCC(C#N)NC(C)C)c(OC)c1. The molecule has 0 amide bonds. The van der Waals surface area contributed by atoms with Gasteiger partial charge in [0.05, 0.1) is 13.2 Å². The molecule has 0 aliphatic rings. The third kappa shape index (κ3) is 4.80. The van der Waals surface area contributed by atoms with Crippen molar-refractivity contribution in [1.29, 1.82) is 5.26 Å². The van der Waals surface area contributed by atoms with Crippen LogP contribution in [0.25, 0.3) is 0 Å². The first-order chi connectivity index (χ1) is 9.10. The zero-order valence-electron chi connectivity index (χ0n) is 12.1. The summed E-state index contributed by atoms with van der Waals surface area (Å²) in [5, 5.41) is 12.2. The molecule has 0 fully saturated rings. The fourth-order valence-electron chi connectivity index (χ4n) is 1.75. The standard InChI is InChI=1S/C15H22N2O2/c1-5-12-6-7-14(15(8-12)18-4)19-10-13(9-16)17-11(2)3/h6-8,11,13,17H,5,10H2,1-4H3. The van der Waals surface area contributed by atoms with Crippen LogP contribution >= 0.6 is 0 Å². The number of hydrogen-bond acceptors (Lipinski definition) is 4. The van der Waals surface area contributed by atoms with Crippen molar-refractivity contribution in [2.75, 3.05) is 13.7 Å². The van der Waals surface area contributed by atoms with E-state index in [2.05, 4.69) is 18.3 Å². The molecule has 1 N–H and O–H groups in total. The molecule has 1 unspecified atom stereocenters. The van der Waals surface area contributed by atoms with E-state index >= 15 is 0 Å². The van der Waals surface area contributed by atoms with E-state index in [1.165, 1.54) is 5.56 Å². The van der Waals surface area contributed by atoms with Crippen molar-refractivity contribution in [3.8, 4) is 17.6 Å². The lowest BCUT2D eigenvalue weighted by molar-refractivity contribution is 0.267.